The monoisotopic (exact) mass is 325 g/mol. The van der Waals surface area contributed by atoms with E-state index in [4.69, 9.17) is 28.2 Å². The zero-order chi connectivity index (χ0) is 14.8. The first-order valence-corrected chi connectivity index (χ1v) is 8.56. The Hall–Kier alpha value is -0.770. The molecule has 3 rings (SSSR count). The molecular formula is C16H21Cl2N3. The van der Waals surface area contributed by atoms with Gasteiger partial charge in [-0.3, -0.25) is 0 Å². The Labute approximate surface area is 135 Å². The van der Waals surface area contributed by atoms with Gasteiger partial charge in [-0.05, 0) is 37.6 Å². The molecule has 0 radical (unpaired) electrons. The van der Waals surface area contributed by atoms with Gasteiger partial charge < -0.3 is 9.47 Å². The summed E-state index contributed by atoms with van der Waals surface area (Å²) in [6, 6.07) is 6.01. The lowest BCUT2D eigenvalue weighted by Gasteiger charge is -2.15. The van der Waals surface area contributed by atoms with E-state index in [-0.39, 0.29) is 0 Å². The highest BCUT2D eigenvalue weighted by molar-refractivity contribution is 6.34. The van der Waals surface area contributed by atoms with Gasteiger partial charge in [-0.2, -0.15) is 0 Å². The van der Waals surface area contributed by atoms with Gasteiger partial charge in [0.2, 0.25) is 0 Å². The van der Waals surface area contributed by atoms with E-state index in [2.05, 4.69) is 22.5 Å². The Morgan fingerprint density at radius 1 is 1.38 bits per heavy atom. The summed E-state index contributed by atoms with van der Waals surface area (Å²) < 4.78 is 2.33. The molecule has 1 aromatic heterocycles. The molecule has 1 aliphatic heterocycles. The van der Waals surface area contributed by atoms with E-state index in [0.717, 1.165) is 41.4 Å². The third kappa shape index (κ3) is 3.05. The molecular weight excluding hydrogens is 305 g/mol. The third-order valence-corrected chi connectivity index (χ3v) is 4.88. The summed E-state index contributed by atoms with van der Waals surface area (Å²) in [5.74, 6) is 2.34. The van der Waals surface area contributed by atoms with Crippen LogP contribution in [0.3, 0.4) is 0 Å². The molecule has 1 aliphatic rings. The van der Waals surface area contributed by atoms with Crippen molar-refractivity contribution in [2.24, 2.45) is 5.92 Å². The van der Waals surface area contributed by atoms with Crippen molar-refractivity contribution < 1.29 is 0 Å². The predicted octanol–water partition coefficient (Wildman–Crippen LogP) is 3.81. The number of alkyl halides is 1. The third-order valence-electron chi connectivity index (χ3n) is 4.38. The smallest absolute Gasteiger partial charge is 0.111 e. The Morgan fingerprint density at radius 2 is 2.24 bits per heavy atom. The zero-order valence-electron chi connectivity index (χ0n) is 12.4. The predicted molar refractivity (Wildman–Crippen MR) is 89.4 cm³/mol. The van der Waals surface area contributed by atoms with Crippen LogP contribution in [-0.2, 0) is 13.0 Å². The van der Waals surface area contributed by atoms with Crippen molar-refractivity contribution >= 4 is 34.2 Å². The minimum absolute atomic E-state index is 0.590. The van der Waals surface area contributed by atoms with E-state index in [1.165, 1.54) is 19.5 Å². The van der Waals surface area contributed by atoms with Crippen LogP contribution in [-0.4, -0.2) is 40.0 Å². The number of hydrogen-bond acceptors (Lipinski definition) is 2. The molecule has 0 amide bonds. The number of imidazole rings is 1. The topological polar surface area (TPSA) is 21.1 Å². The van der Waals surface area contributed by atoms with E-state index >= 15 is 0 Å². The highest BCUT2D eigenvalue weighted by Crippen LogP contribution is 2.27. The second-order valence-electron chi connectivity index (χ2n) is 5.73. The molecule has 2 aromatic rings. The van der Waals surface area contributed by atoms with Gasteiger partial charge in [0.05, 0.1) is 10.5 Å². The van der Waals surface area contributed by atoms with Crippen LogP contribution < -0.4 is 0 Å². The highest BCUT2D eigenvalue weighted by Gasteiger charge is 2.23. The van der Waals surface area contributed by atoms with E-state index in [0.29, 0.717) is 11.8 Å². The Balaban J connectivity index is 1.92. The van der Waals surface area contributed by atoms with Crippen molar-refractivity contribution in [1.29, 1.82) is 0 Å². The van der Waals surface area contributed by atoms with Gasteiger partial charge in [-0.15, -0.1) is 11.6 Å². The van der Waals surface area contributed by atoms with Gasteiger partial charge in [0.25, 0.3) is 0 Å². The van der Waals surface area contributed by atoms with Crippen LogP contribution in [0.15, 0.2) is 18.2 Å². The van der Waals surface area contributed by atoms with Crippen molar-refractivity contribution in [2.75, 3.05) is 25.5 Å². The van der Waals surface area contributed by atoms with Gasteiger partial charge in [0.15, 0.2) is 0 Å². The number of hydrogen-bond donors (Lipinski definition) is 0. The zero-order valence-corrected chi connectivity index (χ0v) is 13.9. The second kappa shape index (κ2) is 6.55. The number of aryl methyl sites for hydroxylation is 1. The van der Waals surface area contributed by atoms with E-state index < -0.39 is 0 Å². The lowest BCUT2D eigenvalue weighted by Crippen LogP contribution is -2.21. The van der Waals surface area contributed by atoms with E-state index in [1.54, 1.807) is 0 Å². The van der Waals surface area contributed by atoms with Crippen LogP contribution in [0.5, 0.6) is 0 Å². The first-order chi connectivity index (χ1) is 10.2. The molecule has 1 unspecified atom stereocenters. The van der Waals surface area contributed by atoms with Gasteiger partial charge in [0.1, 0.15) is 11.3 Å². The van der Waals surface area contributed by atoms with Crippen LogP contribution in [0.1, 0.15) is 19.2 Å². The lowest BCUT2D eigenvalue weighted by molar-refractivity contribution is 0.332. The normalized spacial score (nSPS) is 19.7. The highest BCUT2D eigenvalue weighted by atomic mass is 35.5. The van der Waals surface area contributed by atoms with E-state index in [1.807, 2.05) is 12.1 Å². The average Bonchev–Trinajstić information content (AvgIpc) is 3.07. The molecule has 5 heteroatoms. The van der Waals surface area contributed by atoms with Crippen molar-refractivity contribution in [1.82, 2.24) is 14.5 Å². The van der Waals surface area contributed by atoms with Gasteiger partial charge in [0, 0.05) is 25.4 Å². The van der Waals surface area contributed by atoms with Gasteiger partial charge in [-0.1, -0.05) is 24.6 Å². The molecule has 1 fully saturated rings. The molecule has 1 atom stereocenters. The Morgan fingerprint density at radius 3 is 2.95 bits per heavy atom. The molecule has 1 aromatic carbocycles. The van der Waals surface area contributed by atoms with Crippen molar-refractivity contribution in [3.05, 3.63) is 29.0 Å². The second-order valence-corrected chi connectivity index (χ2v) is 6.52. The number of fused-ring (bicyclic) bond motifs is 1. The Kier molecular flexibility index (Phi) is 4.72. The number of halogens is 2. The summed E-state index contributed by atoms with van der Waals surface area (Å²) in [6.45, 7) is 6.77. The summed E-state index contributed by atoms with van der Waals surface area (Å²) in [5, 5.41) is 0.726. The molecule has 0 aliphatic carbocycles. The van der Waals surface area contributed by atoms with Crippen LogP contribution in [0, 0.1) is 5.92 Å². The first kappa shape index (κ1) is 15.1. The molecule has 0 N–H and O–H groups in total. The molecule has 0 spiro atoms. The Bertz CT molecular complexity index is 623. The summed E-state index contributed by atoms with van der Waals surface area (Å²) in [4.78, 5) is 7.23. The fraction of sp³-hybridized carbons (Fsp3) is 0.562. The van der Waals surface area contributed by atoms with Crippen molar-refractivity contribution in [2.45, 2.75) is 26.3 Å². The number of para-hydroxylation sites is 1. The summed E-state index contributed by atoms with van der Waals surface area (Å²) >= 11 is 12.2. The molecule has 0 bridgehead atoms. The largest absolute Gasteiger partial charge is 0.328 e. The first-order valence-electron chi connectivity index (χ1n) is 7.65. The minimum Gasteiger partial charge on any atom is -0.328 e. The average molecular weight is 326 g/mol. The number of likely N-dealkylation sites (tertiary alicyclic amines) is 1. The molecule has 21 heavy (non-hydrogen) atoms. The molecule has 3 nitrogen and oxygen atoms in total. The molecule has 2 heterocycles. The number of aromatic nitrogens is 2. The fourth-order valence-corrected chi connectivity index (χ4v) is 3.63. The summed E-state index contributed by atoms with van der Waals surface area (Å²) in [7, 11) is 0. The van der Waals surface area contributed by atoms with Gasteiger partial charge >= 0.3 is 0 Å². The minimum atomic E-state index is 0.590. The maximum absolute atomic E-state index is 6.29. The molecule has 1 saturated heterocycles. The van der Waals surface area contributed by atoms with Crippen LogP contribution in [0.2, 0.25) is 5.02 Å². The molecule has 0 saturated carbocycles. The number of rotatable bonds is 5. The van der Waals surface area contributed by atoms with Crippen LogP contribution in [0.25, 0.3) is 11.0 Å². The maximum Gasteiger partial charge on any atom is 0.111 e. The fourth-order valence-electron chi connectivity index (χ4n) is 3.25. The van der Waals surface area contributed by atoms with Crippen molar-refractivity contribution in [3.8, 4) is 0 Å². The van der Waals surface area contributed by atoms with Crippen LogP contribution >= 0.6 is 23.2 Å². The quantitative estimate of drug-likeness (QED) is 0.779. The van der Waals surface area contributed by atoms with E-state index in [9.17, 15) is 0 Å². The molecule has 114 valence electrons. The maximum atomic E-state index is 6.29. The standard InChI is InChI=1S/C16H21Cl2N3/c1-2-20-9-7-12(10-20)11-21-14-5-3-4-13(18)16(14)19-15(21)6-8-17/h3-5,12H,2,6-11H2,1H3. The van der Waals surface area contributed by atoms with Crippen LogP contribution in [0.4, 0.5) is 0 Å². The summed E-state index contributed by atoms with van der Waals surface area (Å²) in [6.07, 6.45) is 2.05. The number of benzene rings is 1. The lowest BCUT2D eigenvalue weighted by atomic mass is 10.1. The summed E-state index contributed by atoms with van der Waals surface area (Å²) in [5.41, 5.74) is 2.04. The van der Waals surface area contributed by atoms with Gasteiger partial charge in [-0.25, -0.2) is 4.98 Å². The number of nitrogens with zero attached hydrogens (tertiary/aromatic N) is 3. The SMILES string of the molecule is CCN1CCC(Cn2c(CCCl)nc3c(Cl)cccc32)C1. The van der Waals surface area contributed by atoms with Crippen molar-refractivity contribution in [3.63, 3.8) is 0 Å².